The van der Waals surface area contributed by atoms with Crippen molar-refractivity contribution < 1.29 is 13.9 Å². The smallest absolute Gasteiger partial charge is 0.408 e. The second-order valence-corrected chi connectivity index (χ2v) is 9.90. The van der Waals surface area contributed by atoms with Gasteiger partial charge in [0.2, 0.25) is 0 Å². The number of halogens is 1. The van der Waals surface area contributed by atoms with E-state index in [0.717, 1.165) is 68.1 Å². The predicted molar refractivity (Wildman–Crippen MR) is 120 cm³/mol. The Hall–Kier alpha value is -2.61. The summed E-state index contributed by atoms with van der Waals surface area (Å²) in [6.07, 6.45) is 10.2. The highest BCUT2D eigenvalue weighted by atomic mass is 19.1. The second kappa shape index (κ2) is 8.49. The first-order valence-electron chi connectivity index (χ1n) is 11.4. The molecule has 1 aromatic rings. The van der Waals surface area contributed by atoms with Crippen molar-refractivity contribution in [1.82, 2.24) is 5.32 Å². The molecule has 0 radical (unpaired) electrons. The van der Waals surface area contributed by atoms with Crippen LogP contribution in [-0.4, -0.2) is 17.7 Å². The number of hydrogen-bond acceptors (Lipinski definition) is 3. The minimum absolute atomic E-state index is 0.187. The molecular formula is C26H31FN2O2. The van der Waals surface area contributed by atoms with E-state index >= 15 is 4.39 Å². The van der Waals surface area contributed by atoms with Crippen LogP contribution in [0.1, 0.15) is 94.4 Å². The summed E-state index contributed by atoms with van der Waals surface area (Å²) in [4.78, 5) is 12.3. The minimum atomic E-state index is -0.562. The van der Waals surface area contributed by atoms with Crippen LogP contribution in [0.25, 0.3) is 11.1 Å². The van der Waals surface area contributed by atoms with Crippen LogP contribution in [0.2, 0.25) is 0 Å². The molecular weight excluding hydrogens is 391 g/mol. The largest absolute Gasteiger partial charge is 0.444 e. The summed E-state index contributed by atoms with van der Waals surface area (Å²) in [5.74, 6) is -0.322. The van der Waals surface area contributed by atoms with Crippen molar-refractivity contribution in [2.24, 2.45) is 0 Å². The number of alkyl carbamates (subject to hydrolysis) is 1. The SMILES string of the molecule is CC(C)(C)OC(=O)N[C@@H]1C=C(c2c(F)cc(C#N)c3c2C2=C(CCCCC2)C3)CCC1. The molecule has 3 aliphatic carbocycles. The van der Waals surface area contributed by atoms with Crippen LogP contribution in [-0.2, 0) is 11.2 Å². The quantitative estimate of drug-likeness (QED) is 0.597. The van der Waals surface area contributed by atoms with Crippen molar-refractivity contribution in [3.05, 3.63) is 45.8 Å². The van der Waals surface area contributed by atoms with Crippen molar-refractivity contribution in [3.63, 3.8) is 0 Å². The van der Waals surface area contributed by atoms with Crippen molar-refractivity contribution >= 4 is 17.2 Å². The van der Waals surface area contributed by atoms with Gasteiger partial charge in [-0.05, 0) is 100 Å². The van der Waals surface area contributed by atoms with E-state index in [2.05, 4.69) is 11.4 Å². The van der Waals surface area contributed by atoms with Crippen LogP contribution in [0.3, 0.4) is 0 Å². The van der Waals surface area contributed by atoms with Gasteiger partial charge in [-0.3, -0.25) is 0 Å². The summed E-state index contributed by atoms with van der Waals surface area (Å²) < 4.78 is 20.8. The molecule has 3 aliphatic rings. The molecule has 1 atom stereocenters. The van der Waals surface area contributed by atoms with Crippen LogP contribution in [0.4, 0.5) is 9.18 Å². The summed E-state index contributed by atoms with van der Waals surface area (Å²) in [6.45, 7) is 5.51. The first-order chi connectivity index (χ1) is 14.8. The Morgan fingerprint density at radius 2 is 1.94 bits per heavy atom. The van der Waals surface area contributed by atoms with Crippen molar-refractivity contribution in [2.75, 3.05) is 0 Å². The molecule has 1 N–H and O–H groups in total. The number of nitrogens with zero attached hydrogens (tertiary/aromatic N) is 1. The lowest BCUT2D eigenvalue weighted by Gasteiger charge is -2.26. The average Bonchev–Trinajstić information content (AvgIpc) is 2.88. The van der Waals surface area contributed by atoms with Crippen molar-refractivity contribution in [3.8, 4) is 6.07 Å². The van der Waals surface area contributed by atoms with E-state index in [1.54, 1.807) is 0 Å². The van der Waals surface area contributed by atoms with Gasteiger partial charge in [0.25, 0.3) is 0 Å². The maximum absolute atomic E-state index is 15.4. The molecule has 5 heteroatoms. The third-order valence-corrected chi connectivity index (χ3v) is 6.42. The molecule has 0 aliphatic heterocycles. The highest BCUT2D eigenvalue weighted by molar-refractivity contribution is 5.88. The first-order valence-corrected chi connectivity index (χ1v) is 11.4. The van der Waals surface area contributed by atoms with Gasteiger partial charge in [-0.1, -0.05) is 18.1 Å². The number of nitriles is 1. The number of hydrogen-bond donors (Lipinski definition) is 1. The topological polar surface area (TPSA) is 62.1 Å². The normalized spacial score (nSPS) is 20.9. The zero-order chi connectivity index (χ0) is 22.2. The Morgan fingerprint density at radius 3 is 2.68 bits per heavy atom. The average molecular weight is 423 g/mol. The second-order valence-electron chi connectivity index (χ2n) is 9.90. The molecule has 31 heavy (non-hydrogen) atoms. The zero-order valence-electron chi connectivity index (χ0n) is 18.7. The van der Waals surface area contributed by atoms with E-state index in [0.29, 0.717) is 11.1 Å². The number of carbonyl (C=O) groups is 1. The standard InChI is InChI=1S/C26H31FN2O2/c1-26(2,3)31-25(30)29-19-10-7-9-17(12-19)23-22(27)14-18(15-28)21-13-16-8-5-4-6-11-20(16)24(21)23/h12,14,19H,4-11,13H2,1-3H3,(H,29,30)/t19-/m0/s1. The van der Waals surface area contributed by atoms with Gasteiger partial charge in [-0.25, -0.2) is 9.18 Å². The maximum atomic E-state index is 15.4. The summed E-state index contributed by atoms with van der Waals surface area (Å²) in [6, 6.07) is 3.44. The molecule has 1 aromatic carbocycles. The summed E-state index contributed by atoms with van der Waals surface area (Å²) in [7, 11) is 0. The molecule has 4 rings (SSSR count). The van der Waals surface area contributed by atoms with E-state index in [4.69, 9.17) is 4.74 Å². The predicted octanol–water partition coefficient (Wildman–Crippen LogP) is 6.43. The Labute approximate surface area is 184 Å². The minimum Gasteiger partial charge on any atom is -0.444 e. The molecule has 0 heterocycles. The maximum Gasteiger partial charge on any atom is 0.408 e. The van der Waals surface area contributed by atoms with Crippen LogP contribution >= 0.6 is 0 Å². The molecule has 4 nitrogen and oxygen atoms in total. The lowest BCUT2D eigenvalue weighted by molar-refractivity contribution is 0.0511. The fraction of sp³-hybridized carbons (Fsp3) is 0.538. The lowest BCUT2D eigenvalue weighted by Crippen LogP contribution is -2.39. The molecule has 0 saturated carbocycles. The van der Waals surface area contributed by atoms with Crippen LogP contribution in [0.5, 0.6) is 0 Å². The van der Waals surface area contributed by atoms with Gasteiger partial charge < -0.3 is 10.1 Å². The van der Waals surface area contributed by atoms with Crippen molar-refractivity contribution in [2.45, 2.75) is 90.2 Å². The third-order valence-electron chi connectivity index (χ3n) is 6.42. The highest BCUT2D eigenvalue weighted by Gasteiger charge is 2.32. The third kappa shape index (κ3) is 4.54. The molecule has 0 fully saturated rings. The monoisotopic (exact) mass is 422 g/mol. The van der Waals surface area contributed by atoms with E-state index in [1.807, 2.05) is 26.8 Å². The van der Waals surface area contributed by atoms with Gasteiger partial charge in [0.1, 0.15) is 11.4 Å². The van der Waals surface area contributed by atoms with Gasteiger partial charge in [-0.15, -0.1) is 0 Å². The molecule has 0 bridgehead atoms. The number of allylic oxidation sites excluding steroid dienone is 3. The summed E-state index contributed by atoms with van der Waals surface area (Å²) in [5.41, 5.74) is 6.10. The lowest BCUT2D eigenvalue weighted by atomic mass is 9.84. The number of benzene rings is 1. The van der Waals surface area contributed by atoms with Gasteiger partial charge in [0.05, 0.1) is 17.7 Å². The fourth-order valence-corrected chi connectivity index (χ4v) is 5.18. The van der Waals surface area contributed by atoms with E-state index in [9.17, 15) is 10.1 Å². The molecule has 1 amide bonds. The van der Waals surface area contributed by atoms with Crippen LogP contribution < -0.4 is 5.32 Å². The van der Waals surface area contributed by atoms with Gasteiger partial charge in [0.15, 0.2) is 0 Å². The van der Waals surface area contributed by atoms with Gasteiger partial charge >= 0.3 is 6.09 Å². The molecule has 0 saturated heterocycles. The molecule has 0 spiro atoms. The Morgan fingerprint density at radius 1 is 1.16 bits per heavy atom. The fourth-order valence-electron chi connectivity index (χ4n) is 5.18. The van der Waals surface area contributed by atoms with Gasteiger partial charge in [0, 0.05) is 5.56 Å². The van der Waals surface area contributed by atoms with E-state index in [-0.39, 0.29) is 11.9 Å². The number of fused-ring (bicyclic) bond motifs is 2. The van der Waals surface area contributed by atoms with Crippen LogP contribution in [0.15, 0.2) is 17.7 Å². The van der Waals surface area contributed by atoms with E-state index in [1.165, 1.54) is 23.6 Å². The van der Waals surface area contributed by atoms with E-state index < -0.39 is 11.7 Å². The summed E-state index contributed by atoms with van der Waals surface area (Å²) in [5, 5.41) is 12.6. The first kappa shape index (κ1) is 21.6. The Kier molecular flexibility index (Phi) is 5.92. The summed E-state index contributed by atoms with van der Waals surface area (Å²) >= 11 is 0. The van der Waals surface area contributed by atoms with Crippen molar-refractivity contribution in [1.29, 1.82) is 5.26 Å². The zero-order valence-corrected chi connectivity index (χ0v) is 18.7. The number of amides is 1. The highest BCUT2D eigenvalue weighted by Crippen LogP contribution is 2.47. The molecule has 0 aromatic heterocycles. The van der Waals surface area contributed by atoms with Gasteiger partial charge in [-0.2, -0.15) is 5.26 Å². The number of rotatable bonds is 2. The van der Waals surface area contributed by atoms with Crippen LogP contribution in [0, 0.1) is 17.1 Å². The molecule has 164 valence electrons. The molecule has 0 unspecified atom stereocenters. The number of carbonyl (C=O) groups excluding carboxylic acids is 1. The Balaban J connectivity index is 1.72. The number of nitrogens with one attached hydrogen (secondary N) is 1. The Bertz CT molecular complexity index is 1010. The number of ether oxygens (including phenoxy) is 1.